The standard InChI is InChI=1S/C44H24N4.C44H26N4.C43H25N5/c1-2-13-31-27(10-1)34-22-26(25-20-21-30-33-15-9-14-32-28-11-3-7-18-38(28)47(42(32)33)40(30)24-25)23-35-29-12-4-8-19-39(29)48(43(34)35)44-41(31)45-36-16-5-6-17-37(36)46-44;1-2-12-30(13-3-1)47-39-18-8-5-14-31(39)33-21-20-27(26-41(33)47)29-24-35-32-15-6-9-19-40(32)48-43(35)37(25-29)42-34(16-10-22-45-42)36-23-28-11-4-7-17-38(28)46-44(36)48;1-2-10-28(11-3-1)47-39-24-26(18-19-31(39)32-20-21-44-25-40(32)47)27-22-34-29-12-4-5-14-33(29)41-43(46-37-16-8-7-15-36(37)45-41)48-38-17-9-6-13-30(38)35(23-27)42(34)48/h1-24H;1-26H;1-25H. The highest BCUT2D eigenvalue weighted by Crippen LogP contribution is 2.54. The summed E-state index contributed by atoms with van der Waals surface area (Å²) in [4.78, 5) is 36.0. The summed E-state index contributed by atoms with van der Waals surface area (Å²) in [5.41, 5.74) is 42.1. The first-order valence-corrected chi connectivity index (χ1v) is 49.0. The van der Waals surface area contributed by atoms with Crippen LogP contribution in [0.15, 0.2) is 455 Å². The highest BCUT2D eigenvalue weighted by atomic mass is 15.1. The normalized spacial score (nSPS) is 12.3. The van der Waals surface area contributed by atoms with Crippen LogP contribution in [0.5, 0.6) is 0 Å². The fourth-order valence-corrected chi connectivity index (χ4v) is 24.4. The van der Waals surface area contributed by atoms with Gasteiger partial charge in [0.1, 0.15) is 17.2 Å². The predicted octanol–water partition coefficient (Wildman–Crippen LogP) is 32.9. The van der Waals surface area contributed by atoms with E-state index in [0.29, 0.717) is 0 Å². The van der Waals surface area contributed by atoms with E-state index >= 15 is 0 Å². The fourth-order valence-electron chi connectivity index (χ4n) is 24.4. The van der Waals surface area contributed by atoms with Crippen molar-refractivity contribution in [2.24, 2.45) is 0 Å². The summed E-state index contributed by atoms with van der Waals surface area (Å²) < 4.78 is 14.2. The summed E-state index contributed by atoms with van der Waals surface area (Å²) in [5, 5.41) is 18.4. The van der Waals surface area contributed by atoms with E-state index in [1.165, 1.54) is 142 Å². The maximum atomic E-state index is 5.33. The Bertz CT molecular complexity index is 10600. The molecule has 0 atom stereocenters. The lowest BCUT2D eigenvalue weighted by molar-refractivity contribution is 1.09. The monoisotopic (exact) mass is 1830 g/mol. The minimum absolute atomic E-state index is 0.862. The van der Waals surface area contributed by atoms with Crippen LogP contribution in [0, 0.1) is 0 Å². The van der Waals surface area contributed by atoms with Crippen LogP contribution < -0.4 is 0 Å². The van der Waals surface area contributed by atoms with Crippen LogP contribution in [-0.4, -0.2) is 62.1 Å². The van der Waals surface area contributed by atoms with Gasteiger partial charge in [0, 0.05) is 144 Å². The number of rotatable bonds is 5. The largest absolute Gasteiger partial charge is 0.309 e. The summed E-state index contributed by atoms with van der Waals surface area (Å²) in [6, 6.07) is 157. The number of nitrogens with zero attached hydrogens (tertiary/aromatic N) is 13. The van der Waals surface area contributed by atoms with Gasteiger partial charge >= 0.3 is 0 Å². The van der Waals surface area contributed by atoms with E-state index in [-0.39, 0.29) is 0 Å². The molecular weight excluding hydrogens is 1760 g/mol. The van der Waals surface area contributed by atoms with E-state index in [4.69, 9.17) is 29.9 Å². The lowest BCUT2D eigenvalue weighted by atomic mass is 9.92. The van der Waals surface area contributed by atoms with Gasteiger partial charge in [-0.05, 0) is 202 Å². The number of aromatic nitrogens is 13. The Labute approximate surface area is 821 Å². The third-order valence-corrected chi connectivity index (χ3v) is 30.5. The van der Waals surface area contributed by atoms with Gasteiger partial charge in [0.25, 0.3) is 0 Å². The number of benzene rings is 19. The van der Waals surface area contributed by atoms with Crippen molar-refractivity contribution in [3.63, 3.8) is 0 Å². The second-order valence-electron chi connectivity index (χ2n) is 38.1. The van der Waals surface area contributed by atoms with Crippen molar-refractivity contribution in [3.05, 3.63) is 455 Å². The van der Waals surface area contributed by atoms with Crippen molar-refractivity contribution >= 4 is 180 Å². The topological polar surface area (TPSA) is 119 Å². The molecule has 664 valence electrons. The van der Waals surface area contributed by atoms with Crippen molar-refractivity contribution in [1.82, 2.24) is 62.1 Å². The molecule has 15 heterocycles. The molecule has 0 unspecified atom stereocenters. The number of pyridine rings is 3. The lowest BCUT2D eigenvalue weighted by Crippen LogP contribution is -2.02. The molecule has 12 aromatic heterocycles. The Kier molecular flexibility index (Phi) is 16.3. The Morgan fingerprint density at radius 2 is 0.535 bits per heavy atom. The highest BCUT2D eigenvalue weighted by Gasteiger charge is 2.34. The average Bonchev–Trinajstić information content (AvgIpc) is 1.56. The van der Waals surface area contributed by atoms with Gasteiger partial charge in [-0.15, -0.1) is 0 Å². The Hall–Kier alpha value is -19.6. The molecule has 0 fully saturated rings. The van der Waals surface area contributed by atoms with Crippen LogP contribution in [-0.2, 0) is 0 Å². The molecule has 0 amide bonds. The third-order valence-electron chi connectivity index (χ3n) is 30.5. The van der Waals surface area contributed by atoms with E-state index in [9.17, 15) is 0 Å². The van der Waals surface area contributed by atoms with Gasteiger partial charge in [0.2, 0.25) is 0 Å². The molecule has 0 aliphatic carbocycles. The Balaban J connectivity index is 0.0000000967. The van der Waals surface area contributed by atoms with E-state index < -0.39 is 0 Å². The van der Waals surface area contributed by atoms with Crippen molar-refractivity contribution in [2.45, 2.75) is 0 Å². The first-order valence-electron chi connectivity index (χ1n) is 49.0. The van der Waals surface area contributed by atoms with Gasteiger partial charge in [0.15, 0.2) is 11.6 Å². The molecule has 31 aromatic rings. The van der Waals surface area contributed by atoms with Crippen LogP contribution in [0.2, 0.25) is 0 Å². The first-order chi connectivity index (χ1) is 71.4. The summed E-state index contributed by atoms with van der Waals surface area (Å²) in [7, 11) is 0. The fraction of sp³-hybridized carbons (Fsp3) is 0. The molecule has 3 aliphatic heterocycles. The molecule has 0 bridgehead atoms. The van der Waals surface area contributed by atoms with Gasteiger partial charge in [-0.25, -0.2) is 24.9 Å². The molecule has 144 heavy (non-hydrogen) atoms. The van der Waals surface area contributed by atoms with Gasteiger partial charge < -0.3 is 13.5 Å². The number of para-hydroxylation sites is 13. The van der Waals surface area contributed by atoms with E-state index in [2.05, 4.69) is 427 Å². The minimum atomic E-state index is 0.862. The second kappa shape index (κ2) is 29.9. The molecule has 0 radical (unpaired) electrons. The third kappa shape index (κ3) is 11.2. The minimum Gasteiger partial charge on any atom is -0.309 e. The SMILES string of the molecule is c1ccc(-n2c3ccccc3c3ccc(-c4cc5c6c(c4)c4ccccc4n6-c4nc6ccccc6cc4-c4cccnc4-5)cc32)cc1.c1ccc(-n2c3cnccc3c3ccc(-c4cc5c6c(c4)c4ccccc4n6-c4nc6ccccc6nc4-c4ccccc4-5)cc32)cc1.c1ccc2c(c1)-c1nc3ccccc3nc1-n1c3ccccc3c3cc(-c4ccc5c6cccc7c8ccccc8n(c5c4)c76)cc-2c31. The zero-order chi connectivity index (χ0) is 93.8. The Morgan fingerprint density at radius 1 is 0.167 bits per heavy atom. The van der Waals surface area contributed by atoms with Gasteiger partial charge in [0.05, 0.1) is 111 Å². The molecular formula is C131H75N13. The number of hydrogen-bond acceptors (Lipinski definition) is 7. The molecule has 19 aromatic carbocycles. The van der Waals surface area contributed by atoms with Crippen LogP contribution in [0.1, 0.15) is 0 Å². The Morgan fingerprint density at radius 3 is 1.06 bits per heavy atom. The highest BCUT2D eigenvalue weighted by molar-refractivity contribution is 6.26. The first kappa shape index (κ1) is 78.4. The summed E-state index contributed by atoms with van der Waals surface area (Å²) in [6.07, 6.45) is 5.76. The van der Waals surface area contributed by atoms with Crippen LogP contribution in [0.25, 0.3) is 309 Å². The molecule has 13 heteroatoms. The van der Waals surface area contributed by atoms with Crippen LogP contribution in [0.3, 0.4) is 0 Å². The second-order valence-corrected chi connectivity index (χ2v) is 38.1. The zero-order valence-corrected chi connectivity index (χ0v) is 77.1. The number of hydrogen-bond donors (Lipinski definition) is 0. The molecule has 13 nitrogen and oxygen atoms in total. The van der Waals surface area contributed by atoms with Crippen molar-refractivity contribution in [3.8, 4) is 129 Å². The molecule has 0 saturated heterocycles. The lowest BCUT2D eigenvalue weighted by Gasteiger charge is -2.12. The van der Waals surface area contributed by atoms with Gasteiger partial charge in [-0.3, -0.25) is 23.7 Å². The quantitative estimate of drug-likeness (QED) is 0.168. The molecule has 34 rings (SSSR count). The molecule has 0 N–H and O–H groups in total. The van der Waals surface area contributed by atoms with Gasteiger partial charge in [-0.1, -0.05) is 279 Å². The van der Waals surface area contributed by atoms with Crippen molar-refractivity contribution < 1.29 is 0 Å². The molecule has 0 saturated carbocycles. The van der Waals surface area contributed by atoms with Crippen LogP contribution in [0.4, 0.5) is 0 Å². The summed E-state index contributed by atoms with van der Waals surface area (Å²) in [5.74, 6) is 2.67. The molecule has 3 aliphatic rings. The smallest absolute Gasteiger partial charge is 0.165 e. The van der Waals surface area contributed by atoms with E-state index in [1.54, 1.807) is 0 Å². The van der Waals surface area contributed by atoms with E-state index in [0.717, 1.165) is 168 Å². The van der Waals surface area contributed by atoms with Gasteiger partial charge in [-0.2, -0.15) is 0 Å². The van der Waals surface area contributed by atoms with Crippen LogP contribution >= 0.6 is 0 Å². The average molecular weight is 1830 g/mol. The summed E-state index contributed by atoms with van der Waals surface area (Å²) >= 11 is 0. The predicted molar refractivity (Wildman–Crippen MR) is 592 cm³/mol. The van der Waals surface area contributed by atoms with E-state index in [1.807, 2.05) is 61.1 Å². The molecule has 0 spiro atoms. The van der Waals surface area contributed by atoms with Crippen molar-refractivity contribution in [2.75, 3.05) is 0 Å². The maximum Gasteiger partial charge on any atom is 0.165 e. The van der Waals surface area contributed by atoms with Crippen molar-refractivity contribution in [1.29, 1.82) is 0 Å². The summed E-state index contributed by atoms with van der Waals surface area (Å²) in [6.45, 7) is 0. The number of fused-ring (bicyclic) bond motifs is 39. The zero-order valence-electron chi connectivity index (χ0n) is 77.1. The maximum absolute atomic E-state index is 5.33.